The van der Waals surface area contributed by atoms with Crippen LogP contribution in [-0.2, 0) is 6.54 Å². The van der Waals surface area contributed by atoms with Crippen molar-refractivity contribution < 1.29 is 5.11 Å². The maximum atomic E-state index is 8.83. The van der Waals surface area contributed by atoms with E-state index in [1.807, 2.05) is 6.07 Å². The number of nitrogens with zero attached hydrogens (tertiary/aromatic N) is 1. The first-order chi connectivity index (χ1) is 7.26. The van der Waals surface area contributed by atoms with Crippen LogP contribution in [0.1, 0.15) is 25.3 Å². The average molecular weight is 229 g/mol. The lowest BCUT2D eigenvalue weighted by Crippen LogP contribution is -2.28. The third kappa shape index (κ3) is 4.60. The number of hydrogen-bond donors (Lipinski definition) is 2. The lowest BCUT2D eigenvalue weighted by Gasteiger charge is -2.15. The summed E-state index contributed by atoms with van der Waals surface area (Å²) < 4.78 is 0. The van der Waals surface area contributed by atoms with E-state index in [-0.39, 0.29) is 6.61 Å². The molecule has 1 aromatic heterocycles. The van der Waals surface area contributed by atoms with Crippen LogP contribution in [0.25, 0.3) is 0 Å². The monoisotopic (exact) mass is 228 g/mol. The van der Waals surface area contributed by atoms with Crippen molar-refractivity contribution in [3.8, 4) is 0 Å². The molecule has 0 amide bonds. The van der Waals surface area contributed by atoms with Crippen LogP contribution in [0.5, 0.6) is 0 Å². The smallest absolute Gasteiger partial charge is 0.129 e. The van der Waals surface area contributed by atoms with E-state index in [2.05, 4.69) is 17.2 Å². The predicted octanol–water partition coefficient (Wildman–Crippen LogP) is 1.99. The molecule has 0 spiro atoms. The van der Waals surface area contributed by atoms with Gasteiger partial charge in [0.05, 0.1) is 0 Å². The number of nitrogens with one attached hydrogen (secondary N) is 1. The van der Waals surface area contributed by atoms with Gasteiger partial charge in [-0.05, 0) is 24.5 Å². The SMILES string of the molecule is CCC(CCO)NCc1ccc(Cl)nc1. The first-order valence-corrected chi connectivity index (χ1v) is 5.58. The van der Waals surface area contributed by atoms with Gasteiger partial charge in [-0.2, -0.15) is 0 Å². The number of hydrogen-bond acceptors (Lipinski definition) is 3. The first-order valence-electron chi connectivity index (χ1n) is 5.21. The van der Waals surface area contributed by atoms with Gasteiger partial charge in [-0.25, -0.2) is 4.98 Å². The van der Waals surface area contributed by atoms with E-state index in [0.717, 1.165) is 24.9 Å². The van der Waals surface area contributed by atoms with Gasteiger partial charge in [0.15, 0.2) is 0 Å². The Hall–Kier alpha value is -0.640. The number of aliphatic hydroxyl groups is 1. The molecular weight excluding hydrogens is 212 g/mol. The topological polar surface area (TPSA) is 45.1 Å². The molecule has 0 bridgehead atoms. The maximum absolute atomic E-state index is 8.83. The zero-order chi connectivity index (χ0) is 11.1. The highest BCUT2D eigenvalue weighted by molar-refractivity contribution is 6.29. The van der Waals surface area contributed by atoms with Crippen LogP contribution in [0.2, 0.25) is 5.15 Å². The Kier molecular flexibility index (Phi) is 5.61. The van der Waals surface area contributed by atoms with E-state index in [0.29, 0.717) is 11.2 Å². The Morgan fingerprint density at radius 3 is 2.87 bits per heavy atom. The average Bonchev–Trinajstić information content (AvgIpc) is 2.26. The molecule has 0 radical (unpaired) electrons. The van der Waals surface area contributed by atoms with Crippen molar-refractivity contribution in [1.82, 2.24) is 10.3 Å². The summed E-state index contributed by atoms with van der Waals surface area (Å²) in [7, 11) is 0. The van der Waals surface area contributed by atoms with E-state index < -0.39 is 0 Å². The molecule has 84 valence electrons. The molecule has 1 heterocycles. The van der Waals surface area contributed by atoms with Crippen molar-refractivity contribution in [2.75, 3.05) is 6.61 Å². The standard InChI is InChI=1S/C11H17ClN2O/c1-2-10(5-6-15)13-7-9-3-4-11(12)14-8-9/h3-4,8,10,13,15H,2,5-7H2,1H3. The second-order valence-corrected chi connectivity index (χ2v) is 3.87. The highest BCUT2D eigenvalue weighted by Gasteiger charge is 2.04. The summed E-state index contributed by atoms with van der Waals surface area (Å²) in [6, 6.07) is 4.10. The number of pyridine rings is 1. The zero-order valence-electron chi connectivity index (χ0n) is 8.91. The fourth-order valence-corrected chi connectivity index (χ4v) is 1.49. The van der Waals surface area contributed by atoms with Gasteiger partial charge < -0.3 is 10.4 Å². The Labute approximate surface area is 95.5 Å². The molecule has 1 atom stereocenters. The van der Waals surface area contributed by atoms with Crippen LogP contribution in [0.4, 0.5) is 0 Å². The van der Waals surface area contributed by atoms with E-state index in [1.165, 1.54) is 0 Å². The zero-order valence-corrected chi connectivity index (χ0v) is 9.67. The molecule has 15 heavy (non-hydrogen) atoms. The summed E-state index contributed by atoms with van der Waals surface area (Å²) in [6.45, 7) is 3.10. The molecular formula is C11H17ClN2O. The van der Waals surface area contributed by atoms with E-state index >= 15 is 0 Å². The first kappa shape index (κ1) is 12.4. The van der Waals surface area contributed by atoms with Gasteiger partial charge >= 0.3 is 0 Å². The summed E-state index contributed by atoms with van der Waals surface area (Å²) in [5.74, 6) is 0. The van der Waals surface area contributed by atoms with Crippen molar-refractivity contribution in [3.63, 3.8) is 0 Å². The van der Waals surface area contributed by atoms with Gasteiger partial charge in [-0.3, -0.25) is 0 Å². The largest absolute Gasteiger partial charge is 0.396 e. The molecule has 3 nitrogen and oxygen atoms in total. The van der Waals surface area contributed by atoms with Gasteiger partial charge in [-0.15, -0.1) is 0 Å². The molecule has 0 aliphatic heterocycles. The van der Waals surface area contributed by atoms with Gasteiger partial charge in [-0.1, -0.05) is 24.6 Å². The molecule has 2 N–H and O–H groups in total. The Bertz CT molecular complexity index is 276. The highest BCUT2D eigenvalue weighted by atomic mass is 35.5. The number of rotatable bonds is 6. The lowest BCUT2D eigenvalue weighted by atomic mass is 10.1. The minimum absolute atomic E-state index is 0.227. The van der Waals surface area contributed by atoms with E-state index in [9.17, 15) is 0 Å². The summed E-state index contributed by atoms with van der Waals surface area (Å²) in [5.41, 5.74) is 1.11. The van der Waals surface area contributed by atoms with Crippen LogP contribution in [0.15, 0.2) is 18.3 Å². The number of aliphatic hydroxyl groups excluding tert-OH is 1. The van der Waals surface area contributed by atoms with Crippen molar-refractivity contribution in [3.05, 3.63) is 29.0 Å². The molecule has 1 aromatic rings. The molecule has 0 saturated carbocycles. The molecule has 0 aliphatic carbocycles. The summed E-state index contributed by atoms with van der Waals surface area (Å²) in [6.07, 6.45) is 3.57. The van der Waals surface area contributed by atoms with Gasteiger partial charge in [0.1, 0.15) is 5.15 Å². The minimum atomic E-state index is 0.227. The summed E-state index contributed by atoms with van der Waals surface area (Å²) >= 11 is 5.69. The van der Waals surface area contributed by atoms with Crippen LogP contribution < -0.4 is 5.32 Å². The second-order valence-electron chi connectivity index (χ2n) is 3.49. The third-order valence-electron chi connectivity index (χ3n) is 2.35. The molecule has 0 saturated heterocycles. The highest BCUT2D eigenvalue weighted by Crippen LogP contribution is 2.06. The summed E-state index contributed by atoms with van der Waals surface area (Å²) in [4.78, 5) is 4.00. The van der Waals surface area contributed by atoms with Crippen LogP contribution >= 0.6 is 11.6 Å². The van der Waals surface area contributed by atoms with Crippen molar-refractivity contribution in [2.45, 2.75) is 32.4 Å². The van der Waals surface area contributed by atoms with Gasteiger partial charge in [0.25, 0.3) is 0 Å². The Morgan fingerprint density at radius 2 is 2.33 bits per heavy atom. The fraction of sp³-hybridized carbons (Fsp3) is 0.545. The van der Waals surface area contributed by atoms with E-state index in [1.54, 1.807) is 12.3 Å². The predicted molar refractivity (Wildman–Crippen MR) is 61.9 cm³/mol. The molecule has 0 fully saturated rings. The Morgan fingerprint density at radius 1 is 1.53 bits per heavy atom. The minimum Gasteiger partial charge on any atom is -0.396 e. The van der Waals surface area contributed by atoms with Crippen LogP contribution in [-0.4, -0.2) is 22.7 Å². The fourth-order valence-electron chi connectivity index (χ4n) is 1.38. The molecule has 0 aromatic carbocycles. The van der Waals surface area contributed by atoms with Gasteiger partial charge in [0, 0.05) is 25.4 Å². The normalized spacial score (nSPS) is 12.7. The van der Waals surface area contributed by atoms with Crippen LogP contribution in [0, 0.1) is 0 Å². The number of halogens is 1. The van der Waals surface area contributed by atoms with Crippen molar-refractivity contribution in [2.24, 2.45) is 0 Å². The molecule has 1 unspecified atom stereocenters. The summed E-state index contributed by atoms with van der Waals surface area (Å²) in [5, 5.41) is 12.7. The second kappa shape index (κ2) is 6.77. The van der Waals surface area contributed by atoms with Crippen LogP contribution in [0.3, 0.4) is 0 Å². The quantitative estimate of drug-likeness (QED) is 0.732. The van der Waals surface area contributed by atoms with Gasteiger partial charge in [0.2, 0.25) is 0 Å². The third-order valence-corrected chi connectivity index (χ3v) is 2.58. The van der Waals surface area contributed by atoms with Crippen molar-refractivity contribution in [1.29, 1.82) is 0 Å². The molecule has 4 heteroatoms. The van der Waals surface area contributed by atoms with Crippen molar-refractivity contribution >= 4 is 11.6 Å². The Balaban J connectivity index is 2.38. The molecule has 0 aliphatic rings. The maximum Gasteiger partial charge on any atom is 0.129 e. The number of aromatic nitrogens is 1. The molecule has 1 rings (SSSR count). The lowest BCUT2D eigenvalue weighted by molar-refractivity contribution is 0.262. The van der Waals surface area contributed by atoms with E-state index in [4.69, 9.17) is 16.7 Å².